The number of rotatable bonds is 4. The molecule has 2 rings (SSSR count). The van der Waals surface area contributed by atoms with Crippen molar-refractivity contribution in [3.63, 3.8) is 0 Å². The normalized spacial score (nSPS) is 16.4. The highest BCUT2D eigenvalue weighted by Gasteiger charge is 2.21. The molecular formula is C15H22BrN3O. The molecular weight excluding hydrogens is 318 g/mol. The number of nitrogens with one attached hydrogen (secondary N) is 1. The van der Waals surface area contributed by atoms with Crippen LogP contribution in [0.3, 0.4) is 0 Å². The minimum absolute atomic E-state index is 0.192. The van der Waals surface area contributed by atoms with Crippen LogP contribution in [0.25, 0.3) is 0 Å². The number of amides is 1. The second-order valence-corrected chi connectivity index (χ2v) is 6.06. The number of halogens is 1. The number of benzene rings is 1. The molecule has 0 unspecified atom stereocenters. The Bertz CT molecular complexity index is 478. The van der Waals surface area contributed by atoms with Gasteiger partial charge < -0.3 is 15.1 Å². The van der Waals surface area contributed by atoms with E-state index >= 15 is 0 Å². The lowest BCUT2D eigenvalue weighted by Crippen LogP contribution is -2.35. The van der Waals surface area contributed by atoms with Crippen LogP contribution in [0.2, 0.25) is 0 Å². The third-order valence-corrected chi connectivity index (χ3v) is 4.12. The van der Waals surface area contributed by atoms with Crippen LogP contribution in [0, 0.1) is 0 Å². The molecule has 4 nitrogen and oxygen atoms in total. The van der Waals surface area contributed by atoms with Gasteiger partial charge >= 0.3 is 0 Å². The van der Waals surface area contributed by atoms with Gasteiger partial charge in [-0.2, -0.15) is 0 Å². The fraction of sp³-hybridized carbons (Fsp3) is 0.533. The maximum absolute atomic E-state index is 12.1. The summed E-state index contributed by atoms with van der Waals surface area (Å²) in [6, 6.07) is 6.30. The predicted molar refractivity (Wildman–Crippen MR) is 86.0 cm³/mol. The van der Waals surface area contributed by atoms with Crippen molar-refractivity contribution in [2.75, 3.05) is 38.1 Å². The predicted octanol–water partition coefficient (Wildman–Crippen LogP) is 2.23. The van der Waals surface area contributed by atoms with Crippen LogP contribution < -0.4 is 10.2 Å². The molecule has 0 saturated carbocycles. The highest BCUT2D eigenvalue weighted by molar-refractivity contribution is 9.10. The molecule has 1 fully saturated rings. The summed E-state index contributed by atoms with van der Waals surface area (Å²) in [6.45, 7) is 6.10. The van der Waals surface area contributed by atoms with Crippen molar-refractivity contribution in [2.24, 2.45) is 0 Å². The lowest BCUT2D eigenvalue weighted by atomic mass is 10.1. The summed E-state index contributed by atoms with van der Waals surface area (Å²) < 4.78 is 1.05. The maximum atomic E-state index is 12.1. The van der Waals surface area contributed by atoms with E-state index in [2.05, 4.69) is 51.3 Å². The van der Waals surface area contributed by atoms with Crippen molar-refractivity contribution >= 4 is 27.5 Å². The molecule has 1 N–H and O–H groups in total. The van der Waals surface area contributed by atoms with Crippen molar-refractivity contribution in [1.82, 2.24) is 10.2 Å². The Labute approximate surface area is 129 Å². The smallest absolute Gasteiger partial charge is 0.241 e. The summed E-state index contributed by atoms with van der Waals surface area (Å²) in [7, 11) is 1.88. The van der Waals surface area contributed by atoms with Crippen molar-refractivity contribution in [1.29, 1.82) is 0 Å². The fourth-order valence-corrected chi connectivity index (χ4v) is 2.78. The molecule has 110 valence electrons. The van der Waals surface area contributed by atoms with E-state index in [-0.39, 0.29) is 5.91 Å². The van der Waals surface area contributed by atoms with Crippen LogP contribution in [-0.4, -0.2) is 44.0 Å². The van der Waals surface area contributed by atoms with E-state index < -0.39 is 0 Å². The zero-order chi connectivity index (χ0) is 14.5. The molecule has 1 heterocycles. The first-order valence-corrected chi connectivity index (χ1v) is 7.89. The Morgan fingerprint density at radius 2 is 2.15 bits per heavy atom. The van der Waals surface area contributed by atoms with Gasteiger partial charge in [0.05, 0.1) is 6.54 Å². The number of nitrogens with zero attached hydrogens (tertiary/aromatic N) is 2. The summed E-state index contributed by atoms with van der Waals surface area (Å²) in [5.74, 6) is 0.192. The molecule has 1 aliphatic rings. The van der Waals surface area contributed by atoms with Crippen molar-refractivity contribution in [2.45, 2.75) is 19.9 Å². The van der Waals surface area contributed by atoms with Crippen LogP contribution in [0.1, 0.15) is 18.9 Å². The van der Waals surface area contributed by atoms with E-state index in [1.165, 1.54) is 5.56 Å². The molecule has 1 aliphatic heterocycles. The van der Waals surface area contributed by atoms with Gasteiger partial charge in [0, 0.05) is 36.8 Å². The Balaban J connectivity index is 2.25. The van der Waals surface area contributed by atoms with E-state index in [0.29, 0.717) is 6.54 Å². The SMILES string of the molecule is CCNCc1ccc(Br)cc1N1CCCN(C)C(=O)C1. The molecule has 20 heavy (non-hydrogen) atoms. The standard InChI is InChI=1S/C15H22BrN3O/c1-3-17-10-12-5-6-13(16)9-14(12)19-8-4-7-18(2)15(20)11-19/h5-6,9,17H,3-4,7-8,10-11H2,1-2H3. The summed E-state index contributed by atoms with van der Waals surface area (Å²) in [5.41, 5.74) is 2.40. The van der Waals surface area contributed by atoms with Gasteiger partial charge in [0.2, 0.25) is 5.91 Å². The molecule has 0 aliphatic carbocycles. The summed E-state index contributed by atoms with van der Waals surface area (Å²) in [6.07, 6.45) is 1.01. The minimum Gasteiger partial charge on any atom is -0.362 e. The molecule has 0 aromatic heterocycles. The van der Waals surface area contributed by atoms with Gasteiger partial charge in [0.15, 0.2) is 0 Å². The van der Waals surface area contributed by atoms with E-state index in [4.69, 9.17) is 0 Å². The van der Waals surface area contributed by atoms with Gasteiger partial charge in [-0.05, 0) is 30.7 Å². The average molecular weight is 340 g/mol. The van der Waals surface area contributed by atoms with Crippen LogP contribution in [0.4, 0.5) is 5.69 Å². The number of hydrogen-bond donors (Lipinski definition) is 1. The molecule has 0 radical (unpaired) electrons. The van der Waals surface area contributed by atoms with Gasteiger partial charge in [-0.25, -0.2) is 0 Å². The average Bonchev–Trinajstić information content (AvgIpc) is 2.60. The highest BCUT2D eigenvalue weighted by Crippen LogP contribution is 2.26. The molecule has 1 aromatic carbocycles. The van der Waals surface area contributed by atoms with Gasteiger partial charge in [0.25, 0.3) is 0 Å². The molecule has 1 amide bonds. The van der Waals surface area contributed by atoms with E-state index in [1.807, 2.05) is 11.9 Å². The number of anilines is 1. The molecule has 1 saturated heterocycles. The second-order valence-electron chi connectivity index (χ2n) is 5.14. The summed E-state index contributed by atoms with van der Waals surface area (Å²) >= 11 is 3.54. The van der Waals surface area contributed by atoms with Crippen LogP contribution >= 0.6 is 15.9 Å². The maximum Gasteiger partial charge on any atom is 0.241 e. The first-order chi connectivity index (χ1) is 9.61. The third-order valence-electron chi connectivity index (χ3n) is 3.63. The third kappa shape index (κ3) is 3.73. The lowest BCUT2D eigenvalue weighted by molar-refractivity contribution is -0.127. The van der Waals surface area contributed by atoms with Crippen molar-refractivity contribution < 1.29 is 4.79 Å². The Hall–Kier alpha value is -1.07. The molecule has 5 heteroatoms. The number of hydrogen-bond acceptors (Lipinski definition) is 3. The number of carbonyl (C=O) groups excluding carboxylic acids is 1. The quantitative estimate of drug-likeness (QED) is 0.913. The lowest BCUT2D eigenvalue weighted by Gasteiger charge is -2.25. The van der Waals surface area contributed by atoms with E-state index in [1.54, 1.807) is 0 Å². The van der Waals surface area contributed by atoms with E-state index in [0.717, 1.165) is 42.8 Å². The fourth-order valence-electron chi connectivity index (χ4n) is 2.43. The molecule has 1 aromatic rings. The van der Waals surface area contributed by atoms with Gasteiger partial charge in [0.1, 0.15) is 0 Å². The molecule has 0 bridgehead atoms. The summed E-state index contributed by atoms with van der Waals surface area (Å²) in [5, 5.41) is 3.36. The molecule has 0 spiro atoms. The zero-order valence-electron chi connectivity index (χ0n) is 12.2. The Kier molecular flexibility index (Phi) is 5.43. The highest BCUT2D eigenvalue weighted by atomic mass is 79.9. The first-order valence-electron chi connectivity index (χ1n) is 7.10. The first kappa shape index (κ1) is 15.3. The zero-order valence-corrected chi connectivity index (χ0v) is 13.7. The monoisotopic (exact) mass is 339 g/mol. The Morgan fingerprint density at radius 1 is 1.35 bits per heavy atom. The summed E-state index contributed by atoms with van der Waals surface area (Å²) in [4.78, 5) is 16.1. The number of carbonyl (C=O) groups is 1. The molecule has 0 atom stereocenters. The minimum atomic E-state index is 0.192. The van der Waals surface area contributed by atoms with Gasteiger partial charge in [-0.3, -0.25) is 4.79 Å². The largest absolute Gasteiger partial charge is 0.362 e. The topological polar surface area (TPSA) is 35.6 Å². The van der Waals surface area contributed by atoms with Gasteiger partial charge in [-0.1, -0.05) is 28.9 Å². The van der Waals surface area contributed by atoms with Crippen molar-refractivity contribution in [3.8, 4) is 0 Å². The van der Waals surface area contributed by atoms with Crippen LogP contribution in [0.15, 0.2) is 22.7 Å². The second kappa shape index (κ2) is 7.09. The van der Waals surface area contributed by atoms with Crippen LogP contribution in [-0.2, 0) is 11.3 Å². The Morgan fingerprint density at radius 3 is 2.90 bits per heavy atom. The van der Waals surface area contributed by atoms with Crippen molar-refractivity contribution in [3.05, 3.63) is 28.2 Å². The number of likely N-dealkylation sites (N-methyl/N-ethyl adjacent to an activating group) is 1. The van der Waals surface area contributed by atoms with Crippen LogP contribution in [0.5, 0.6) is 0 Å². The van der Waals surface area contributed by atoms with E-state index in [9.17, 15) is 4.79 Å². The van der Waals surface area contributed by atoms with Gasteiger partial charge in [-0.15, -0.1) is 0 Å².